The van der Waals surface area contributed by atoms with Gasteiger partial charge in [-0.3, -0.25) is 0 Å². The number of nitrogens with zero attached hydrogens (tertiary/aromatic N) is 5. The SMILES string of the molecule is CCN(CC)c1nc(N)nc(N(C)CC2CCOCC2)n1. The zero-order valence-electron chi connectivity index (χ0n) is 13.2. The summed E-state index contributed by atoms with van der Waals surface area (Å²) in [6, 6.07) is 0. The summed E-state index contributed by atoms with van der Waals surface area (Å²) in [7, 11) is 2.01. The number of rotatable bonds is 6. The maximum atomic E-state index is 5.84. The van der Waals surface area contributed by atoms with Crippen LogP contribution in [-0.2, 0) is 4.74 Å². The van der Waals surface area contributed by atoms with E-state index in [0.717, 1.165) is 45.7 Å². The minimum absolute atomic E-state index is 0.278. The van der Waals surface area contributed by atoms with Gasteiger partial charge in [0, 0.05) is 39.9 Å². The fraction of sp³-hybridized carbons (Fsp3) is 0.786. The number of hydrogen-bond acceptors (Lipinski definition) is 7. The summed E-state index contributed by atoms with van der Waals surface area (Å²) in [6.07, 6.45) is 2.18. The zero-order valence-corrected chi connectivity index (χ0v) is 13.2. The van der Waals surface area contributed by atoms with E-state index in [1.165, 1.54) is 0 Å². The first-order chi connectivity index (χ1) is 10.1. The third-order valence-electron chi connectivity index (χ3n) is 3.89. The van der Waals surface area contributed by atoms with Gasteiger partial charge in [0.05, 0.1) is 0 Å². The van der Waals surface area contributed by atoms with Crippen LogP contribution in [0.15, 0.2) is 0 Å². The lowest BCUT2D eigenvalue weighted by Gasteiger charge is -2.28. The highest BCUT2D eigenvalue weighted by molar-refractivity contribution is 5.43. The van der Waals surface area contributed by atoms with Gasteiger partial charge < -0.3 is 20.3 Å². The number of anilines is 3. The van der Waals surface area contributed by atoms with Crippen molar-refractivity contribution in [2.45, 2.75) is 26.7 Å². The molecule has 0 unspecified atom stereocenters. The molecule has 0 atom stereocenters. The van der Waals surface area contributed by atoms with E-state index in [0.29, 0.717) is 17.8 Å². The summed E-state index contributed by atoms with van der Waals surface area (Å²) < 4.78 is 5.40. The Balaban J connectivity index is 2.10. The average molecular weight is 294 g/mol. The molecule has 1 aliphatic rings. The Hall–Kier alpha value is -1.63. The largest absolute Gasteiger partial charge is 0.381 e. The van der Waals surface area contributed by atoms with Gasteiger partial charge >= 0.3 is 0 Å². The van der Waals surface area contributed by atoms with Gasteiger partial charge in [-0.1, -0.05) is 0 Å². The van der Waals surface area contributed by atoms with Gasteiger partial charge in [-0.15, -0.1) is 0 Å². The average Bonchev–Trinajstić information content (AvgIpc) is 2.49. The summed E-state index contributed by atoms with van der Waals surface area (Å²) in [5.74, 6) is 2.21. The molecule has 0 saturated carbocycles. The van der Waals surface area contributed by atoms with E-state index in [1.54, 1.807) is 0 Å². The van der Waals surface area contributed by atoms with Crippen molar-refractivity contribution in [3.63, 3.8) is 0 Å². The minimum atomic E-state index is 0.278. The van der Waals surface area contributed by atoms with Crippen molar-refractivity contribution < 1.29 is 4.74 Å². The lowest BCUT2D eigenvalue weighted by Crippen LogP contribution is -2.32. The first-order valence-electron chi connectivity index (χ1n) is 7.69. The van der Waals surface area contributed by atoms with Crippen LogP contribution in [0.2, 0.25) is 0 Å². The second-order valence-electron chi connectivity index (χ2n) is 5.40. The van der Waals surface area contributed by atoms with Crippen molar-refractivity contribution in [2.75, 3.05) is 55.4 Å². The fourth-order valence-electron chi connectivity index (χ4n) is 2.59. The highest BCUT2D eigenvalue weighted by atomic mass is 16.5. The first kappa shape index (κ1) is 15.8. The van der Waals surface area contributed by atoms with E-state index in [2.05, 4.69) is 38.6 Å². The maximum absolute atomic E-state index is 5.84. The van der Waals surface area contributed by atoms with Crippen LogP contribution in [0.3, 0.4) is 0 Å². The first-order valence-corrected chi connectivity index (χ1v) is 7.69. The lowest BCUT2D eigenvalue weighted by atomic mass is 10.0. The molecule has 2 rings (SSSR count). The zero-order chi connectivity index (χ0) is 15.2. The second-order valence-corrected chi connectivity index (χ2v) is 5.40. The summed E-state index contributed by atoms with van der Waals surface area (Å²) >= 11 is 0. The number of nitrogen functional groups attached to an aromatic ring is 1. The third-order valence-corrected chi connectivity index (χ3v) is 3.89. The van der Waals surface area contributed by atoms with Gasteiger partial charge in [-0.2, -0.15) is 15.0 Å². The lowest BCUT2D eigenvalue weighted by molar-refractivity contribution is 0.0684. The normalized spacial score (nSPS) is 16.0. The molecule has 0 aromatic carbocycles. The van der Waals surface area contributed by atoms with E-state index >= 15 is 0 Å². The van der Waals surface area contributed by atoms with Crippen LogP contribution in [0.25, 0.3) is 0 Å². The van der Waals surface area contributed by atoms with Gasteiger partial charge in [0.1, 0.15) is 0 Å². The highest BCUT2D eigenvalue weighted by Crippen LogP contribution is 2.19. The van der Waals surface area contributed by atoms with Crippen molar-refractivity contribution in [2.24, 2.45) is 5.92 Å². The van der Waals surface area contributed by atoms with Gasteiger partial charge in [0.25, 0.3) is 0 Å². The molecule has 7 nitrogen and oxygen atoms in total. The van der Waals surface area contributed by atoms with Gasteiger partial charge in [0.15, 0.2) is 0 Å². The van der Waals surface area contributed by atoms with Crippen LogP contribution >= 0.6 is 0 Å². The molecular formula is C14H26N6O. The topological polar surface area (TPSA) is 80.4 Å². The Labute approximate surface area is 126 Å². The monoisotopic (exact) mass is 294 g/mol. The molecule has 7 heteroatoms. The van der Waals surface area contributed by atoms with Crippen molar-refractivity contribution in [1.82, 2.24) is 15.0 Å². The summed E-state index contributed by atoms with van der Waals surface area (Å²) in [5, 5.41) is 0. The minimum Gasteiger partial charge on any atom is -0.381 e. The molecule has 1 aromatic heterocycles. The second kappa shape index (κ2) is 7.40. The number of ether oxygens (including phenoxy) is 1. The molecule has 1 fully saturated rings. The molecule has 2 heterocycles. The molecule has 0 radical (unpaired) electrons. The van der Waals surface area contributed by atoms with Crippen molar-refractivity contribution >= 4 is 17.8 Å². The molecule has 0 aliphatic carbocycles. The van der Waals surface area contributed by atoms with Crippen LogP contribution in [-0.4, -0.2) is 54.8 Å². The van der Waals surface area contributed by atoms with Crippen LogP contribution in [0.5, 0.6) is 0 Å². The summed E-state index contributed by atoms with van der Waals surface area (Å²) in [5.41, 5.74) is 5.84. The third kappa shape index (κ3) is 4.17. The van der Waals surface area contributed by atoms with Crippen LogP contribution in [0.1, 0.15) is 26.7 Å². The van der Waals surface area contributed by atoms with Crippen molar-refractivity contribution in [1.29, 1.82) is 0 Å². The molecule has 0 bridgehead atoms. The van der Waals surface area contributed by atoms with Crippen molar-refractivity contribution in [3.05, 3.63) is 0 Å². The van der Waals surface area contributed by atoms with Gasteiger partial charge in [0.2, 0.25) is 17.8 Å². The van der Waals surface area contributed by atoms with Gasteiger partial charge in [-0.05, 0) is 32.6 Å². The molecule has 21 heavy (non-hydrogen) atoms. The molecule has 1 aromatic rings. The summed E-state index contributed by atoms with van der Waals surface area (Å²) in [4.78, 5) is 17.2. The number of nitrogens with two attached hydrogens (primary N) is 1. The predicted octanol–water partition coefficient (Wildman–Crippen LogP) is 1.16. The van der Waals surface area contributed by atoms with Crippen LogP contribution in [0, 0.1) is 5.92 Å². The summed E-state index contributed by atoms with van der Waals surface area (Å²) in [6.45, 7) is 8.48. The van der Waals surface area contributed by atoms with E-state index < -0.39 is 0 Å². The maximum Gasteiger partial charge on any atom is 0.231 e. The Morgan fingerprint density at radius 2 is 1.71 bits per heavy atom. The Bertz CT molecular complexity index is 445. The van der Waals surface area contributed by atoms with E-state index in [4.69, 9.17) is 10.5 Å². The standard InChI is InChI=1S/C14H26N6O/c1-4-20(5-2)14-17-12(15)16-13(18-14)19(3)10-11-6-8-21-9-7-11/h11H,4-10H2,1-3H3,(H2,15,16,17,18). The number of hydrogen-bond donors (Lipinski definition) is 1. The molecule has 1 saturated heterocycles. The fourth-order valence-corrected chi connectivity index (χ4v) is 2.59. The van der Waals surface area contributed by atoms with Crippen LogP contribution in [0.4, 0.5) is 17.8 Å². The molecule has 0 amide bonds. The van der Waals surface area contributed by atoms with E-state index in [1.807, 2.05) is 7.05 Å². The predicted molar refractivity (Wildman–Crippen MR) is 84.6 cm³/mol. The Kier molecular flexibility index (Phi) is 5.55. The molecule has 2 N–H and O–H groups in total. The molecule has 0 spiro atoms. The Morgan fingerprint density at radius 3 is 2.33 bits per heavy atom. The van der Waals surface area contributed by atoms with E-state index in [-0.39, 0.29) is 5.95 Å². The molecule has 1 aliphatic heterocycles. The quantitative estimate of drug-likeness (QED) is 0.843. The van der Waals surface area contributed by atoms with Crippen LogP contribution < -0.4 is 15.5 Å². The van der Waals surface area contributed by atoms with Crippen molar-refractivity contribution in [3.8, 4) is 0 Å². The van der Waals surface area contributed by atoms with E-state index in [9.17, 15) is 0 Å². The smallest absolute Gasteiger partial charge is 0.231 e. The highest BCUT2D eigenvalue weighted by Gasteiger charge is 2.18. The Morgan fingerprint density at radius 1 is 1.10 bits per heavy atom. The molecular weight excluding hydrogens is 268 g/mol. The molecule has 118 valence electrons. The number of aromatic nitrogens is 3. The van der Waals surface area contributed by atoms with Gasteiger partial charge in [-0.25, -0.2) is 0 Å².